The molecule has 8 nitrogen and oxygen atoms in total. The average molecular weight is 551 g/mol. The summed E-state index contributed by atoms with van der Waals surface area (Å²) in [6.45, 7) is 12.1. The SMILES string of the molecule is COc1ccc(OC)c(C2SCC(=O)N(CC(=O)NC(C)C)c3c2c(C(C)(C)C)nn3-c2ccc(C)cc2)c1. The lowest BCUT2D eigenvalue weighted by molar-refractivity contribution is -0.123. The summed E-state index contributed by atoms with van der Waals surface area (Å²) in [5.74, 6) is 1.80. The smallest absolute Gasteiger partial charge is 0.240 e. The Bertz CT molecular complexity index is 1360. The van der Waals surface area contributed by atoms with Gasteiger partial charge in [-0.15, -0.1) is 11.8 Å². The molecule has 208 valence electrons. The number of nitrogens with zero attached hydrogens (tertiary/aromatic N) is 3. The van der Waals surface area contributed by atoms with Crippen LogP contribution in [-0.4, -0.2) is 54.2 Å². The van der Waals surface area contributed by atoms with Gasteiger partial charge >= 0.3 is 0 Å². The second-order valence-electron chi connectivity index (χ2n) is 11.1. The Morgan fingerprint density at radius 2 is 1.82 bits per heavy atom. The lowest BCUT2D eigenvalue weighted by Crippen LogP contribution is -2.44. The molecule has 0 radical (unpaired) electrons. The Labute approximate surface area is 235 Å². The van der Waals surface area contributed by atoms with Gasteiger partial charge in [0, 0.05) is 22.6 Å². The van der Waals surface area contributed by atoms with Crippen molar-refractivity contribution < 1.29 is 19.1 Å². The number of rotatable bonds is 7. The number of nitrogens with one attached hydrogen (secondary N) is 1. The molecular formula is C30H38N4O4S. The van der Waals surface area contributed by atoms with Crippen LogP contribution in [0.2, 0.25) is 0 Å². The lowest BCUT2D eigenvalue weighted by atomic mass is 9.87. The number of hydrogen-bond acceptors (Lipinski definition) is 6. The summed E-state index contributed by atoms with van der Waals surface area (Å²) in [7, 11) is 3.27. The first kappa shape index (κ1) is 28.5. The quantitative estimate of drug-likeness (QED) is 0.436. The molecule has 1 aliphatic rings. The molecule has 1 unspecified atom stereocenters. The third kappa shape index (κ3) is 5.93. The molecule has 0 bridgehead atoms. The first-order valence-corrected chi connectivity index (χ1v) is 14.1. The Kier molecular flexibility index (Phi) is 8.30. The van der Waals surface area contributed by atoms with E-state index in [4.69, 9.17) is 14.6 Å². The van der Waals surface area contributed by atoms with E-state index in [1.807, 2.05) is 67.9 Å². The summed E-state index contributed by atoms with van der Waals surface area (Å²) < 4.78 is 13.2. The molecule has 2 aromatic carbocycles. The summed E-state index contributed by atoms with van der Waals surface area (Å²) in [4.78, 5) is 28.4. The van der Waals surface area contributed by atoms with Crippen LogP contribution in [0.4, 0.5) is 5.82 Å². The van der Waals surface area contributed by atoms with E-state index in [1.165, 1.54) is 11.8 Å². The molecule has 9 heteroatoms. The maximum atomic E-state index is 13.8. The summed E-state index contributed by atoms with van der Waals surface area (Å²) in [6.07, 6.45) is 0. The minimum Gasteiger partial charge on any atom is -0.497 e. The molecule has 1 aromatic heterocycles. The Morgan fingerprint density at radius 1 is 1.13 bits per heavy atom. The molecule has 2 amide bonds. The highest BCUT2D eigenvalue weighted by atomic mass is 32.2. The molecule has 2 heterocycles. The molecule has 0 fully saturated rings. The normalized spacial score (nSPS) is 15.7. The molecule has 0 spiro atoms. The van der Waals surface area contributed by atoms with E-state index in [0.717, 1.165) is 28.1 Å². The van der Waals surface area contributed by atoms with Gasteiger partial charge in [0.25, 0.3) is 0 Å². The van der Waals surface area contributed by atoms with Crippen LogP contribution in [0.25, 0.3) is 5.69 Å². The molecule has 1 aliphatic heterocycles. The van der Waals surface area contributed by atoms with E-state index in [-0.39, 0.29) is 40.8 Å². The van der Waals surface area contributed by atoms with Crippen LogP contribution in [0, 0.1) is 6.92 Å². The van der Waals surface area contributed by atoms with Crippen molar-refractivity contribution in [1.29, 1.82) is 0 Å². The fraction of sp³-hybridized carbons (Fsp3) is 0.433. The molecule has 1 atom stereocenters. The number of aryl methyl sites for hydroxylation is 1. The van der Waals surface area contributed by atoms with E-state index < -0.39 is 0 Å². The van der Waals surface area contributed by atoms with Gasteiger partial charge in [0.15, 0.2) is 0 Å². The number of aromatic nitrogens is 2. The van der Waals surface area contributed by atoms with Crippen LogP contribution < -0.4 is 19.7 Å². The highest BCUT2D eigenvalue weighted by Gasteiger charge is 2.40. The topological polar surface area (TPSA) is 85.7 Å². The highest BCUT2D eigenvalue weighted by molar-refractivity contribution is 8.00. The van der Waals surface area contributed by atoms with Crippen LogP contribution in [-0.2, 0) is 15.0 Å². The summed E-state index contributed by atoms with van der Waals surface area (Å²) in [5.41, 5.74) is 4.21. The number of carbonyl (C=O) groups excluding carboxylic acids is 2. The first-order chi connectivity index (χ1) is 18.4. The maximum absolute atomic E-state index is 13.8. The van der Waals surface area contributed by atoms with E-state index >= 15 is 0 Å². The van der Waals surface area contributed by atoms with Crippen molar-refractivity contribution in [3.8, 4) is 17.2 Å². The number of methoxy groups -OCH3 is 2. The molecule has 0 saturated carbocycles. The Hall–Kier alpha value is -3.46. The fourth-order valence-electron chi connectivity index (χ4n) is 4.74. The summed E-state index contributed by atoms with van der Waals surface area (Å²) >= 11 is 1.51. The maximum Gasteiger partial charge on any atom is 0.240 e. The van der Waals surface area contributed by atoms with E-state index in [9.17, 15) is 9.59 Å². The van der Waals surface area contributed by atoms with Gasteiger partial charge in [0.2, 0.25) is 11.8 Å². The van der Waals surface area contributed by atoms with Crippen molar-refractivity contribution in [2.24, 2.45) is 0 Å². The number of hydrogen-bond donors (Lipinski definition) is 1. The second-order valence-corrected chi connectivity index (χ2v) is 12.2. The van der Waals surface area contributed by atoms with Gasteiger partial charge in [-0.2, -0.15) is 5.10 Å². The van der Waals surface area contributed by atoms with Gasteiger partial charge in [-0.3, -0.25) is 14.5 Å². The predicted octanol–water partition coefficient (Wildman–Crippen LogP) is 5.19. The largest absolute Gasteiger partial charge is 0.497 e. The van der Waals surface area contributed by atoms with Crippen molar-refractivity contribution in [3.05, 3.63) is 64.8 Å². The van der Waals surface area contributed by atoms with Gasteiger partial charge in [-0.05, 0) is 51.1 Å². The van der Waals surface area contributed by atoms with Crippen LogP contribution in [0.5, 0.6) is 11.5 Å². The van der Waals surface area contributed by atoms with Crippen molar-refractivity contribution in [1.82, 2.24) is 15.1 Å². The van der Waals surface area contributed by atoms with Gasteiger partial charge in [0.1, 0.15) is 23.9 Å². The minimum atomic E-state index is -0.357. The monoisotopic (exact) mass is 550 g/mol. The van der Waals surface area contributed by atoms with Crippen molar-refractivity contribution >= 4 is 29.4 Å². The number of anilines is 1. The minimum absolute atomic E-state index is 0.0469. The molecule has 0 aliphatic carbocycles. The van der Waals surface area contributed by atoms with Crippen LogP contribution in [0.3, 0.4) is 0 Å². The van der Waals surface area contributed by atoms with Crippen molar-refractivity contribution in [2.45, 2.75) is 58.2 Å². The summed E-state index contributed by atoms with van der Waals surface area (Å²) in [5, 5.41) is 7.78. The van der Waals surface area contributed by atoms with E-state index in [2.05, 4.69) is 26.1 Å². The Balaban J connectivity index is 2.05. The third-order valence-electron chi connectivity index (χ3n) is 6.55. The fourth-order valence-corrected chi connectivity index (χ4v) is 5.95. The van der Waals surface area contributed by atoms with Gasteiger partial charge in [0.05, 0.1) is 36.6 Å². The van der Waals surface area contributed by atoms with Gasteiger partial charge in [-0.1, -0.05) is 38.5 Å². The molecule has 0 saturated heterocycles. The molecule has 39 heavy (non-hydrogen) atoms. The summed E-state index contributed by atoms with van der Waals surface area (Å²) in [6, 6.07) is 13.7. The van der Waals surface area contributed by atoms with Crippen LogP contribution in [0.1, 0.15) is 62.3 Å². The number of fused-ring (bicyclic) bond motifs is 1. The number of ether oxygens (including phenoxy) is 2. The second kappa shape index (κ2) is 11.3. The zero-order chi connectivity index (χ0) is 28.5. The number of carbonyl (C=O) groups is 2. The average Bonchev–Trinajstić information content (AvgIpc) is 3.22. The van der Waals surface area contributed by atoms with Crippen LogP contribution >= 0.6 is 11.8 Å². The number of thioether (sulfide) groups is 1. The van der Waals surface area contributed by atoms with Gasteiger partial charge < -0.3 is 14.8 Å². The highest BCUT2D eigenvalue weighted by Crippen LogP contribution is 2.50. The Morgan fingerprint density at radius 3 is 2.41 bits per heavy atom. The molecule has 4 rings (SSSR count). The zero-order valence-electron chi connectivity index (χ0n) is 24.0. The van der Waals surface area contributed by atoms with Crippen LogP contribution in [0.15, 0.2) is 42.5 Å². The van der Waals surface area contributed by atoms with E-state index in [1.54, 1.807) is 19.1 Å². The van der Waals surface area contributed by atoms with Gasteiger partial charge in [-0.25, -0.2) is 4.68 Å². The lowest BCUT2D eigenvalue weighted by Gasteiger charge is -2.25. The third-order valence-corrected chi connectivity index (χ3v) is 7.79. The number of benzene rings is 2. The predicted molar refractivity (Wildman–Crippen MR) is 156 cm³/mol. The molecule has 1 N–H and O–H groups in total. The standard InChI is InChI=1S/C30H38N4O4S/c1-18(2)31-24(35)16-33-25(36)17-39-27(22-15-21(37-7)13-14-23(22)38-8)26-28(30(4,5)6)32-34(29(26)33)20-11-9-19(3)10-12-20/h9-15,18,27H,16-17H2,1-8H3,(H,31,35). The van der Waals surface area contributed by atoms with Crippen molar-refractivity contribution in [3.63, 3.8) is 0 Å². The first-order valence-electron chi connectivity index (χ1n) is 13.1. The zero-order valence-corrected chi connectivity index (χ0v) is 24.8. The molecule has 3 aromatic rings. The molecular weight excluding hydrogens is 512 g/mol. The van der Waals surface area contributed by atoms with E-state index in [0.29, 0.717) is 17.3 Å². The van der Waals surface area contributed by atoms with Crippen molar-refractivity contribution in [2.75, 3.05) is 31.4 Å². The number of amides is 2.